The highest BCUT2D eigenvalue weighted by Crippen LogP contribution is 2.17. The summed E-state index contributed by atoms with van der Waals surface area (Å²) in [5.74, 6) is -1.41. The van der Waals surface area contributed by atoms with Crippen LogP contribution in [0, 0.1) is 12.7 Å². The van der Waals surface area contributed by atoms with E-state index in [0.29, 0.717) is 12.2 Å². The van der Waals surface area contributed by atoms with Crippen LogP contribution in [0.1, 0.15) is 15.9 Å². The van der Waals surface area contributed by atoms with E-state index >= 15 is 0 Å². The Balaban J connectivity index is 2.30. The topological polar surface area (TPSA) is 55.8 Å². The molecule has 1 heterocycles. The Morgan fingerprint density at radius 1 is 1.45 bits per heavy atom. The fourth-order valence-electron chi connectivity index (χ4n) is 2.16. The molecule has 1 saturated heterocycles. The number of hydrogen-bond acceptors (Lipinski definition) is 4. The predicted molar refractivity (Wildman–Crippen MR) is 68.8 cm³/mol. The SMILES string of the molecule is COC(=O)C1COCCN1C(=O)c1cc(F)ccc1C. The molecule has 2 rings (SSSR count). The minimum Gasteiger partial charge on any atom is -0.467 e. The van der Waals surface area contributed by atoms with Crippen molar-refractivity contribution in [3.8, 4) is 0 Å². The van der Waals surface area contributed by atoms with E-state index in [2.05, 4.69) is 4.74 Å². The molecule has 20 heavy (non-hydrogen) atoms. The zero-order chi connectivity index (χ0) is 14.7. The highest BCUT2D eigenvalue weighted by molar-refractivity contribution is 5.98. The second-order valence-corrected chi connectivity index (χ2v) is 4.57. The summed E-state index contributed by atoms with van der Waals surface area (Å²) < 4.78 is 23.2. The number of esters is 1. The second-order valence-electron chi connectivity index (χ2n) is 4.57. The van der Waals surface area contributed by atoms with Crippen LogP contribution in [0.5, 0.6) is 0 Å². The number of amides is 1. The van der Waals surface area contributed by atoms with Crippen molar-refractivity contribution in [1.82, 2.24) is 4.90 Å². The van der Waals surface area contributed by atoms with Gasteiger partial charge in [0, 0.05) is 12.1 Å². The average Bonchev–Trinajstić information content (AvgIpc) is 2.48. The summed E-state index contributed by atoms with van der Waals surface area (Å²) in [6.07, 6.45) is 0. The third-order valence-corrected chi connectivity index (χ3v) is 3.29. The Hall–Kier alpha value is -1.95. The van der Waals surface area contributed by atoms with Crippen LogP contribution in [0.3, 0.4) is 0 Å². The molecule has 0 bridgehead atoms. The molecule has 5 nitrogen and oxygen atoms in total. The lowest BCUT2D eigenvalue weighted by Crippen LogP contribution is -2.53. The molecule has 1 unspecified atom stereocenters. The molecule has 0 aromatic heterocycles. The Kier molecular flexibility index (Phi) is 4.34. The minimum absolute atomic E-state index is 0.0901. The number of benzene rings is 1. The van der Waals surface area contributed by atoms with E-state index in [1.165, 1.54) is 30.2 Å². The molecule has 0 N–H and O–H groups in total. The summed E-state index contributed by atoms with van der Waals surface area (Å²) in [5, 5.41) is 0. The average molecular weight is 281 g/mol. The first kappa shape index (κ1) is 14.5. The van der Waals surface area contributed by atoms with Crippen molar-refractivity contribution in [3.63, 3.8) is 0 Å². The highest BCUT2D eigenvalue weighted by Gasteiger charge is 2.34. The molecule has 1 amide bonds. The van der Waals surface area contributed by atoms with Gasteiger partial charge in [0.25, 0.3) is 5.91 Å². The maximum atomic E-state index is 13.3. The van der Waals surface area contributed by atoms with Gasteiger partial charge in [-0.1, -0.05) is 6.07 Å². The highest BCUT2D eigenvalue weighted by atomic mass is 19.1. The Morgan fingerprint density at radius 3 is 2.90 bits per heavy atom. The van der Waals surface area contributed by atoms with Gasteiger partial charge in [0.15, 0.2) is 6.04 Å². The Bertz CT molecular complexity index is 532. The fraction of sp³-hybridized carbons (Fsp3) is 0.429. The smallest absolute Gasteiger partial charge is 0.331 e. The van der Waals surface area contributed by atoms with Crippen LogP contribution in [-0.4, -0.2) is 49.7 Å². The summed E-state index contributed by atoms with van der Waals surface area (Å²) in [6, 6.07) is 3.23. The molecule has 1 aromatic rings. The Morgan fingerprint density at radius 2 is 2.20 bits per heavy atom. The van der Waals surface area contributed by atoms with E-state index < -0.39 is 17.8 Å². The van der Waals surface area contributed by atoms with Crippen LogP contribution in [0.2, 0.25) is 0 Å². The van der Waals surface area contributed by atoms with Crippen LogP contribution < -0.4 is 0 Å². The van der Waals surface area contributed by atoms with E-state index in [1.807, 2.05) is 0 Å². The largest absolute Gasteiger partial charge is 0.467 e. The maximum Gasteiger partial charge on any atom is 0.331 e. The van der Waals surface area contributed by atoms with Crippen molar-refractivity contribution in [2.75, 3.05) is 26.9 Å². The number of carbonyl (C=O) groups excluding carboxylic acids is 2. The molecule has 1 aliphatic rings. The zero-order valence-electron chi connectivity index (χ0n) is 11.4. The van der Waals surface area contributed by atoms with Crippen molar-refractivity contribution in [2.24, 2.45) is 0 Å². The zero-order valence-corrected chi connectivity index (χ0v) is 11.4. The monoisotopic (exact) mass is 281 g/mol. The number of aryl methyl sites for hydroxylation is 1. The lowest BCUT2D eigenvalue weighted by molar-refractivity contribution is -0.151. The fourth-order valence-corrected chi connectivity index (χ4v) is 2.16. The van der Waals surface area contributed by atoms with Gasteiger partial charge in [-0.15, -0.1) is 0 Å². The van der Waals surface area contributed by atoms with Gasteiger partial charge in [-0.05, 0) is 24.6 Å². The van der Waals surface area contributed by atoms with Crippen LogP contribution in [0.4, 0.5) is 4.39 Å². The maximum absolute atomic E-state index is 13.3. The normalized spacial score (nSPS) is 18.8. The van der Waals surface area contributed by atoms with Gasteiger partial charge in [-0.3, -0.25) is 4.79 Å². The van der Waals surface area contributed by atoms with E-state index in [4.69, 9.17) is 4.74 Å². The van der Waals surface area contributed by atoms with E-state index in [9.17, 15) is 14.0 Å². The molecule has 1 atom stereocenters. The van der Waals surface area contributed by atoms with Crippen molar-refractivity contribution >= 4 is 11.9 Å². The summed E-state index contributed by atoms with van der Waals surface area (Å²) in [4.78, 5) is 25.6. The molecule has 6 heteroatoms. The third kappa shape index (κ3) is 2.80. The molecule has 0 spiro atoms. The van der Waals surface area contributed by atoms with Gasteiger partial charge in [0.2, 0.25) is 0 Å². The lowest BCUT2D eigenvalue weighted by atomic mass is 10.1. The molecule has 1 aliphatic heterocycles. The number of nitrogens with zero attached hydrogens (tertiary/aromatic N) is 1. The number of morpholine rings is 1. The minimum atomic E-state index is -0.788. The van der Waals surface area contributed by atoms with Gasteiger partial charge < -0.3 is 14.4 Å². The standard InChI is InChI=1S/C14H16FNO4/c1-9-3-4-10(15)7-11(9)13(17)16-5-6-20-8-12(16)14(18)19-2/h3-4,7,12H,5-6,8H2,1-2H3. The molecular weight excluding hydrogens is 265 g/mol. The van der Waals surface area contributed by atoms with Crippen molar-refractivity contribution in [3.05, 3.63) is 35.1 Å². The molecule has 1 aromatic carbocycles. The number of carbonyl (C=O) groups is 2. The quantitative estimate of drug-likeness (QED) is 0.763. The third-order valence-electron chi connectivity index (χ3n) is 3.29. The number of halogens is 1. The second kappa shape index (κ2) is 6.00. The molecular formula is C14H16FNO4. The first-order valence-electron chi connectivity index (χ1n) is 6.27. The lowest BCUT2D eigenvalue weighted by Gasteiger charge is -2.34. The number of ether oxygens (including phenoxy) is 2. The summed E-state index contributed by atoms with van der Waals surface area (Å²) >= 11 is 0. The first-order chi connectivity index (χ1) is 9.54. The molecule has 108 valence electrons. The van der Waals surface area contributed by atoms with Crippen molar-refractivity contribution in [2.45, 2.75) is 13.0 Å². The van der Waals surface area contributed by atoms with E-state index in [1.54, 1.807) is 6.92 Å². The van der Waals surface area contributed by atoms with Crippen LogP contribution in [0.15, 0.2) is 18.2 Å². The summed E-state index contributed by atoms with van der Waals surface area (Å²) in [6.45, 7) is 2.43. The first-order valence-corrected chi connectivity index (χ1v) is 6.27. The van der Waals surface area contributed by atoms with Gasteiger partial charge in [0.05, 0.1) is 20.3 Å². The van der Waals surface area contributed by atoms with E-state index in [0.717, 1.165) is 0 Å². The Labute approximate surface area is 116 Å². The van der Waals surface area contributed by atoms with Gasteiger partial charge in [-0.25, -0.2) is 9.18 Å². The van der Waals surface area contributed by atoms with Crippen LogP contribution >= 0.6 is 0 Å². The predicted octanol–water partition coefficient (Wildman–Crippen LogP) is 1.15. The molecule has 1 fully saturated rings. The van der Waals surface area contributed by atoms with Gasteiger partial charge in [-0.2, -0.15) is 0 Å². The summed E-state index contributed by atoms with van der Waals surface area (Å²) in [5.41, 5.74) is 0.910. The van der Waals surface area contributed by atoms with Crippen molar-refractivity contribution < 1.29 is 23.5 Å². The summed E-state index contributed by atoms with van der Waals surface area (Å²) in [7, 11) is 1.26. The van der Waals surface area contributed by atoms with Crippen LogP contribution in [0.25, 0.3) is 0 Å². The van der Waals surface area contributed by atoms with Crippen LogP contribution in [-0.2, 0) is 14.3 Å². The number of rotatable bonds is 2. The van der Waals surface area contributed by atoms with Gasteiger partial charge >= 0.3 is 5.97 Å². The van der Waals surface area contributed by atoms with Gasteiger partial charge in [0.1, 0.15) is 5.82 Å². The number of methoxy groups -OCH3 is 1. The van der Waals surface area contributed by atoms with E-state index in [-0.39, 0.29) is 24.6 Å². The number of hydrogen-bond donors (Lipinski definition) is 0. The molecule has 0 radical (unpaired) electrons. The van der Waals surface area contributed by atoms with Crippen molar-refractivity contribution in [1.29, 1.82) is 0 Å². The molecule has 0 saturated carbocycles. The molecule has 0 aliphatic carbocycles.